The van der Waals surface area contributed by atoms with Crippen LogP contribution in [0.5, 0.6) is 0 Å². The van der Waals surface area contributed by atoms with Crippen molar-refractivity contribution >= 4 is 17.8 Å². The molecule has 0 aromatic heterocycles. The van der Waals surface area contributed by atoms with Gasteiger partial charge < -0.3 is 14.9 Å². The van der Waals surface area contributed by atoms with E-state index in [2.05, 4.69) is 6.92 Å². The fourth-order valence-corrected chi connectivity index (χ4v) is 3.39. The van der Waals surface area contributed by atoms with E-state index in [1.807, 2.05) is 30.3 Å². The van der Waals surface area contributed by atoms with Crippen LogP contribution in [0.25, 0.3) is 0 Å². The number of carbonyl (C=O) groups excluding carboxylic acids is 2. The number of nitrogens with zero attached hydrogens (tertiary/aromatic N) is 2. The van der Waals surface area contributed by atoms with E-state index in [4.69, 9.17) is 5.11 Å². The van der Waals surface area contributed by atoms with Gasteiger partial charge in [0.25, 0.3) is 0 Å². The molecule has 2 rings (SSSR count). The Bertz CT molecular complexity index is 632. The number of rotatable bonds is 7. The monoisotopic (exact) mass is 360 g/mol. The van der Waals surface area contributed by atoms with Crippen LogP contribution < -0.4 is 0 Å². The summed E-state index contributed by atoms with van der Waals surface area (Å²) in [6.07, 6.45) is 2.50. The van der Waals surface area contributed by atoms with Crippen LogP contribution in [-0.2, 0) is 14.4 Å². The lowest BCUT2D eigenvalue weighted by Gasteiger charge is -2.32. The zero-order valence-electron chi connectivity index (χ0n) is 15.6. The predicted molar refractivity (Wildman–Crippen MR) is 98.7 cm³/mol. The number of hydrogen-bond acceptors (Lipinski definition) is 3. The van der Waals surface area contributed by atoms with Crippen LogP contribution in [0.4, 0.5) is 0 Å². The molecule has 0 aliphatic carbocycles. The number of likely N-dealkylation sites (tertiary alicyclic amines) is 1. The highest BCUT2D eigenvalue weighted by molar-refractivity contribution is 5.85. The Hall–Kier alpha value is -2.37. The SMILES string of the molecule is CC[C@@H](CC(=O)N(C)CC(=O)N1CCC[C@@H](C(=O)O)C1)c1ccccc1. The molecule has 1 fully saturated rings. The summed E-state index contributed by atoms with van der Waals surface area (Å²) in [6.45, 7) is 2.84. The van der Waals surface area contributed by atoms with Gasteiger partial charge in [0, 0.05) is 26.6 Å². The van der Waals surface area contributed by atoms with Crippen LogP contribution in [0.1, 0.15) is 44.1 Å². The second kappa shape index (κ2) is 9.36. The van der Waals surface area contributed by atoms with E-state index in [9.17, 15) is 14.4 Å². The van der Waals surface area contributed by atoms with E-state index in [0.717, 1.165) is 12.0 Å². The topological polar surface area (TPSA) is 77.9 Å². The summed E-state index contributed by atoms with van der Waals surface area (Å²) in [6, 6.07) is 9.92. The number of likely N-dealkylation sites (N-methyl/N-ethyl adjacent to an activating group) is 1. The van der Waals surface area contributed by atoms with Gasteiger partial charge in [0.2, 0.25) is 11.8 Å². The van der Waals surface area contributed by atoms with Crippen LogP contribution in [0.15, 0.2) is 30.3 Å². The summed E-state index contributed by atoms with van der Waals surface area (Å²) in [4.78, 5) is 39.1. The van der Waals surface area contributed by atoms with Gasteiger partial charge in [0.15, 0.2) is 0 Å². The van der Waals surface area contributed by atoms with Gasteiger partial charge in [0.05, 0.1) is 12.5 Å². The normalized spacial score (nSPS) is 18.2. The molecule has 2 amide bonds. The van der Waals surface area contributed by atoms with E-state index >= 15 is 0 Å². The molecule has 6 heteroatoms. The summed E-state index contributed by atoms with van der Waals surface area (Å²) < 4.78 is 0. The smallest absolute Gasteiger partial charge is 0.308 e. The highest BCUT2D eigenvalue weighted by Gasteiger charge is 2.29. The molecule has 26 heavy (non-hydrogen) atoms. The summed E-state index contributed by atoms with van der Waals surface area (Å²) in [5.41, 5.74) is 1.13. The lowest BCUT2D eigenvalue weighted by atomic mass is 9.93. The summed E-state index contributed by atoms with van der Waals surface area (Å²) in [7, 11) is 1.64. The lowest BCUT2D eigenvalue weighted by Crippen LogP contribution is -2.47. The van der Waals surface area contributed by atoms with Gasteiger partial charge in [0.1, 0.15) is 0 Å². The Balaban J connectivity index is 1.89. The summed E-state index contributed by atoms with van der Waals surface area (Å²) >= 11 is 0. The molecule has 0 radical (unpaired) electrons. The molecule has 1 N–H and O–H groups in total. The maximum Gasteiger partial charge on any atom is 0.308 e. The third kappa shape index (κ3) is 5.31. The minimum atomic E-state index is -0.861. The van der Waals surface area contributed by atoms with Crippen molar-refractivity contribution in [2.75, 3.05) is 26.7 Å². The number of carbonyl (C=O) groups is 3. The molecule has 1 heterocycles. The quantitative estimate of drug-likeness (QED) is 0.810. The molecule has 1 aliphatic rings. The number of piperidine rings is 1. The van der Waals surface area contributed by atoms with E-state index in [1.54, 1.807) is 11.9 Å². The molecule has 1 aromatic carbocycles. The van der Waals surface area contributed by atoms with Crippen molar-refractivity contribution in [2.24, 2.45) is 5.92 Å². The Kier molecular flexibility index (Phi) is 7.18. The Labute approximate surface area is 154 Å². The maximum absolute atomic E-state index is 12.5. The lowest BCUT2D eigenvalue weighted by molar-refractivity contribution is -0.147. The van der Waals surface area contributed by atoms with E-state index in [1.165, 1.54) is 4.90 Å². The molecular formula is C20H28N2O4. The second-order valence-corrected chi connectivity index (χ2v) is 6.99. The van der Waals surface area contributed by atoms with Crippen molar-refractivity contribution in [1.82, 2.24) is 9.80 Å². The average molecular weight is 360 g/mol. The van der Waals surface area contributed by atoms with Gasteiger partial charge >= 0.3 is 5.97 Å². The largest absolute Gasteiger partial charge is 0.481 e. The molecule has 1 saturated heterocycles. The third-order valence-electron chi connectivity index (χ3n) is 5.11. The van der Waals surface area contributed by atoms with Crippen molar-refractivity contribution in [3.63, 3.8) is 0 Å². The van der Waals surface area contributed by atoms with Crippen molar-refractivity contribution in [1.29, 1.82) is 0 Å². The standard InChI is InChI=1S/C20H28N2O4/c1-3-15(16-8-5-4-6-9-16)12-18(23)21(2)14-19(24)22-11-7-10-17(13-22)20(25)26/h4-6,8-9,15,17H,3,7,10-14H2,1-2H3,(H,25,26)/t15-,17+/m0/s1. The van der Waals surface area contributed by atoms with E-state index < -0.39 is 11.9 Å². The molecule has 1 aliphatic heterocycles. The maximum atomic E-state index is 12.5. The molecule has 6 nitrogen and oxygen atoms in total. The van der Waals surface area contributed by atoms with Crippen molar-refractivity contribution in [2.45, 2.75) is 38.5 Å². The van der Waals surface area contributed by atoms with Crippen LogP contribution >= 0.6 is 0 Å². The van der Waals surface area contributed by atoms with Crippen molar-refractivity contribution in [3.8, 4) is 0 Å². The molecule has 0 saturated carbocycles. The molecule has 0 spiro atoms. The number of carboxylic acid groups (broad SMARTS) is 1. The van der Waals surface area contributed by atoms with Crippen LogP contribution in [0.3, 0.4) is 0 Å². The van der Waals surface area contributed by atoms with Gasteiger partial charge in [-0.15, -0.1) is 0 Å². The minimum Gasteiger partial charge on any atom is -0.481 e. The number of hydrogen-bond donors (Lipinski definition) is 1. The summed E-state index contributed by atoms with van der Waals surface area (Å²) in [5, 5.41) is 9.14. The number of benzene rings is 1. The fraction of sp³-hybridized carbons (Fsp3) is 0.550. The van der Waals surface area contributed by atoms with Gasteiger partial charge in [-0.3, -0.25) is 14.4 Å². The number of aliphatic carboxylic acids is 1. The number of carboxylic acids is 1. The van der Waals surface area contributed by atoms with Crippen molar-refractivity contribution < 1.29 is 19.5 Å². The Morgan fingerprint density at radius 3 is 2.58 bits per heavy atom. The molecule has 0 unspecified atom stereocenters. The van der Waals surface area contributed by atoms with Gasteiger partial charge in [-0.05, 0) is 30.7 Å². The van der Waals surface area contributed by atoms with Gasteiger partial charge in [-0.25, -0.2) is 0 Å². The van der Waals surface area contributed by atoms with E-state index in [-0.39, 0.29) is 30.8 Å². The first-order valence-corrected chi connectivity index (χ1v) is 9.21. The highest BCUT2D eigenvalue weighted by Crippen LogP contribution is 2.24. The van der Waals surface area contributed by atoms with Crippen LogP contribution in [0, 0.1) is 5.92 Å². The molecule has 2 atom stereocenters. The fourth-order valence-electron chi connectivity index (χ4n) is 3.39. The average Bonchev–Trinajstić information content (AvgIpc) is 2.66. The first kappa shape index (κ1) is 19.9. The Morgan fingerprint density at radius 2 is 1.96 bits per heavy atom. The Morgan fingerprint density at radius 1 is 1.27 bits per heavy atom. The highest BCUT2D eigenvalue weighted by atomic mass is 16.4. The molecule has 142 valence electrons. The third-order valence-corrected chi connectivity index (χ3v) is 5.11. The van der Waals surface area contributed by atoms with Crippen LogP contribution in [-0.4, -0.2) is 59.4 Å². The predicted octanol–water partition coefficient (Wildman–Crippen LogP) is 2.35. The van der Waals surface area contributed by atoms with Gasteiger partial charge in [-0.1, -0.05) is 37.3 Å². The number of amides is 2. The van der Waals surface area contributed by atoms with E-state index in [0.29, 0.717) is 25.8 Å². The molecular weight excluding hydrogens is 332 g/mol. The second-order valence-electron chi connectivity index (χ2n) is 6.99. The van der Waals surface area contributed by atoms with Crippen molar-refractivity contribution in [3.05, 3.63) is 35.9 Å². The van der Waals surface area contributed by atoms with Gasteiger partial charge in [-0.2, -0.15) is 0 Å². The zero-order valence-corrected chi connectivity index (χ0v) is 15.6. The molecule has 1 aromatic rings. The minimum absolute atomic E-state index is 0.00358. The zero-order chi connectivity index (χ0) is 19.1. The first-order valence-electron chi connectivity index (χ1n) is 9.21. The first-order chi connectivity index (χ1) is 12.4. The van der Waals surface area contributed by atoms with Crippen LogP contribution in [0.2, 0.25) is 0 Å². The summed E-state index contributed by atoms with van der Waals surface area (Å²) in [5.74, 6) is -1.48. The molecule has 0 bridgehead atoms.